The van der Waals surface area contributed by atoms with Crippen molar-refractivity contribution in [3.05, 3.63) is 33.8 Å². The van der Waals surface area contributed by atoms with E-state index in [0.29, 0.717) is 19.4 Å². The number of likely N-dealkylation sites (tertiary alicyclic amines) is 1. The van der Waals surface area contributed by atoms with Crippen LogP contribution in [0.1, 0.15) is 31.7 Å². The maximum absolute atomic E-state index is 14.0. The van der Waals surface area contributed by atoms with E-state index >= 15 is 0 Å². The second kappa shape index (κ2) is 5.77. The number of nitrogens with zero attached hydrogens (tertiary/aromatic N) is 1. The molecule has 1 heterocycles. The third-order valence-corrected chi connectivity index (χ3v) is 4.71. The van der Waals surface area contributed by atoms with Crippen LogP contribution in [0.3, 0.4) is 0 Å². The van der Waals surface area contributed by atoms with E-state index in [1.807, 2.05) is 0 Å². The standard InChI is InChI=1S/C14H16BrF2NO2/c1-2-14(13(19)20)6-3-7-18(14)8-9-11(16)5-4-10(15)12(9)17/h4-5H,2-3,6-8H2,1H3,(H,19,20). The van der Waals surface area contributed by atoms with Crippen LogP contribution in [0.5, 0.6) is 0 Å². The monoisotopic (exact) mass is 347 g/mol. The number of benzene rings is 1. The predicted molar refractivity (Wildman–Crippen MR) is 74.4 cm³/mol. The van der Waals surface area contributed by atoms with Crippen LogP contribution in [0.25, 0.3) is 0 Å². The van der Waals surface area contributed by atoms with Gasteiger partial charge in [-0.15, -0.1) is 0 Å². The summed E-state index contributed by atoms with van der Waals surface area (Å²) < 4.78 is 28.0. The highest BCUT2D eigenvalue weighted by molar-refractivity contribution is 9.10. The molecule has 1 aromatic carbocycles. The van der Waals surface area contributed by atoms with Gasteiger partial charge in [-0.2, -0.15) is 0 Å². The number of hydrogen-bond donors (Lipinski definition) is 1. The molecule has 20 heavy (non-hydrogen) atoms. The maximum atomic E-state index is 14.0. The van der Waals surface area contributed by atoms with Gasteiger partial charge in [-0.1, -0.05) is 6.92 Å². The minimum atomic E-state index is -1.01. The minimum Gasteiger partial charge on any atom is -0.480 e. The number of aliphatic carboxylic acids is 1. The summed E-state index contributed by atoms with van der Waals surface area (Å²) in [4.78, 5) is 13.2. The molecule has 1 atom stereocenters. The summed E-state index contributed by atoms with van der Waals surface area (Å²) >= 11 is 3.03. The molecule has 1 aliphatic heterocycles. The fourth-order valence-corrected chi connectivity index (χ4v) is 3.24. The van der Waals surface area contributed by atoms with Gasteiger partial charge in [-0.3, -0.25) is 9.69 Å². The lowest BCUT2D eigenvalue weighted by atomic mass is 9.92. The molecule has 1 N–H and O–H groups in total. The van der Waals surface area contributed by atoms with Gasteiger partial charge >= 0.3 is 5.97 Å². The second-order valence-corrected chi connectivity index (χ2v) is 5.89. The Morgan fingerprint density at radius 2 is 2.20 bits per heavy atom. The van der Waals surface area contributed by atoms with Gasteiger partial charge in [0, 0.05) is 12.1 Å². The Kier molecular flexibility index (Phi) is 4.44. The molecule has 0 bridgehead atoms. The zero-order valence-corrected chi connectivity index (χ0v) is 12.7. The van der Waals surface area contributed by atoms with Gasteiger partial charge in [0.05, 0.1) is 4.47 Å². The van der Waals surface area contributed by atoms with E-state index < -0.39 is 23.1 Å². The van der Waals surface area contributed by atoms with Crippen molar-refractivity contribution in [2.24, 2.45) is 0 Å². The van der Waals surface area contributed by atoms with Crippen molar-refractivity contribution in [1.82, 2.24) is 4.90 Å². The number of rotatable bonds is 4. The quantitative estimate of drug-likeness (QED) is 0.846. The Hall–Kier alpha value is -1.01. The molecular weight excluding hydrogens is 332 g/mol. The van der Waals surface area contributed by atoms with Gasteiger partial charge in [0.25, 0.3) is 0 Å². The number of carbonyl (C=O) groups is 1. The molecule has 110 valence electrons. The molecule has 1 fully saturated rings. The summed E-state index contributed by atoms with van der Waals surface area (Å²) in [7, 11) is 0. The Morgan fingerprint density at radius 1 is 1.50 bits per heavy atom. The summed E-state index contributed by atoms with van der Waals surface area (Å²) in [5, 5.41) is 9.47. The fourth-order valence-electron chi connectivity index (χ4n) is 2.86. The van der Waals surface area contributed by atoms with E-state index in [4.69, 9.17) is 0 Å². The SMILES string of the molecule is CCC1(C(=O)O)CCCN1Cc1c(F)ccc(Br)c1F. The Morgan fingerprint density at radius 3 is 2.80 bits per heavy atom. The molecule has 1 saturated heterocycles. The van der Waals surface area contributed by atoms with Crippen LogP contribution in [0.15, 0.2) is 16.6 Å². The lowest BCUT2D eigenvalue weighted by Crippen LogP contribution is -2.49. The van der Waals surface area contributed by atoms with E-state index in [9.17, 15) is 18.7 Å². The molecule has 0 aromatic heterocycles. The highest BCUT2D eigenvalue weighted by Crippen LogP contribution is 2.35. The van der Waals surface area contributed by atoms with Crippen molar-refractivity contribution < 1.29 is 18.7 Å². The van der Waals surface area contributed by atoms with Crippen molar-refractivity contribution in [1.29, 1.82) is 0 Å². The van der Waals surface area contributed by atoms with Gasteiger partial charge in [0.1, 0.15) is 17.2 Å². The van der Waals surface area contributed by atoms with E-state index in [1.165, 1.54) is 12.1 Å². The first-order valence-electron chi connectivity index (χ1n) is 6.53. The molecule has 1 unspecified atom stereocenters. The van der Waals surface area contributed by atoms with Crippen molar-refractivity contribution in [3.8, 4) is 0 Å². The summed E-state index contributed by atoms with van der Waals surface area (Å²) in [5.74, 6) is -2.23. The van der Waals surface area contributed by atoms with Crippen LogP contribution in [-0.4, -0.2) is 28.1 Å². The first-order chi connectivity index (χ1) is 9.42. The van der Waals surface area contributed by atoms with Crippen LogP contribution >= 0.6 is 15.9 Å². The molecule has 0 spiro atoms. The smallest absolute Gasteiger partial charge is 0.324 e. The number of halogens is 3. The largest absolute Gasteiger partial charge is 0.480 e. The lowest BCUT2D eigenvalue weighted by Gasteiger charge is -2.34. The van der Waals surface area contributed by atoms with Crippen molar-refractivity contribution >= 4 is 21.9 Å². The summed E-state index contributed by atoms with van der Waals surface area (Å²) in [6.45, 7) is 2.29. The Balaban J connectivity index is 2.35. The zero-order valence-electron chi connectivity index (χ0n) is 11.1. The number of carboxylic acid groups (broad SMARTS) is 1. The van der Waals surface area contributed by atoms with Crippen molar-refractivity contribution in [2.45, 2.75) is 38.3 Å². The molecule has 1 aliphatic rings. The molecule has 0 radical (unpaired) electrons. The second-order valence-electron chi connectivity index (χ2n) is 5.04. The predicted octanol–water partition coefficient (Wildman–Crippen LogP) is 3.56. The van der Waals surface area contributed by atoms with Gasteiger partial charge in [0.15, 0.2) is 0 Å². The molecule has 2 rings (SSSR count). The minimum absolute atomic E-state index is 0.0305. The highest BCUT2D eigenvalue weighted by Gasteiger charge is 2.46. The van der Waals surface area contributed by atoms with Gasteiger partial charge in [-0.05, 0) is 53.9 Å². The van der Waals surface area contributed by atoms with Gasteiger partial charge in [0.2, 0.25) is 0 Å². The van der Waals surface area contributed by atoms with E-state index in [0.717, 1.165) is 6.42 Å². The van der Waals surface area contributed by atoms with Crippen LogP contribution in [0.4, 0.5) is 8.78 Å². The molecule has 0 saturated carbocycles. The maximum Gasteiger partial charge on any atom is 0.324 e. The molecule has 0 amide bonds. The molecular formula is C14H16BrF2NO2. The zero-order chi connectivity index (χ0) is 14.9. The summed E-state index contributed by atoms with van der Waals surface area (Å²) in [6.07, 6.45) is 1.65. The highest BCUT2D eigenvalue weighted by atomic mass is 79.9. The van der Waals surface area contributed by atoms with Crippen LogP contribution in [-0.2, 0) is 11.3 Å². The van der Waals surface area contributed by atoms with Gasteiger partial charge in [-0.25, -0.2) is 8.78 Å². The molecule has 6 heteroatoms. The number of hydrogen-bond acceptors (Lipinski definition) is 2. The topological polar surface area (TPSA) is 40.5 Å². The summed E-state index contributed by atoms with van der Waals surface area (Å²) in [5.41, 5.74) is -1.10. The van der Waals surface area contributed by atoms with Crippen molar-refractivity contribution in [2.75, 3.05) is 6.54 Å². The summed E-state index contributed by atoms with van der Waals surface area (Å²) in [6, 6.07) is 2.50. The van der Waals surface area contributed by atoms with Crippen molar-refractivity contribution in [3.63, 3.8) is 0 Å². The molecule has 3 nitrogen and oxygen atoms in total. The van der Waals surface area contributed by atoms with Crippen LogP contribution in [0, 0.1) is 11.6 Å². The first kappa shape index (κ1) is 15.4. The molecule has 0 aliphatic carbocycles. The van der Waals surface area contributed by atoms with Crippen LogP contribution in [0.2, 0.25) is 0 Å². The normalized spacial score (nSPS) is 23.2. The van der Waals surface area contributed by atoms with Gasteiger partial charge < -0.3 is 5.11 Å². The number of carboxylic acids is 1. The van der Waals surface area contributed by atoms with Crippen LogP contribution < -0.4 is 0 Å². The van der Waals surface area contributed by atoms with E-state index in [-0.39, 0.29) is 16.6 Å². The average molecular weight is 348 g/mol. The molecule has 1 aromatic rings. The Labute approximate surface area is 124 Å². The first-order valence-corrected chi connectivity index (χ1v) is 7.32. The van der Waals surface area contributed by atoms with E-state index in [1.54, 1.807) is 11.8 Å². The Bertz CT molecular complexity index is 538. The third-order valence-electron chi connectivity index (χ3n) is 4.09. The fraction of sp³-hybridized carbons (Fsp3) is 0.500. The lowest BCUT2D eigenvalue weighted by molar-refractivity contribution is -0.150. The van der Waals surface area contributed by atoms with E-state index in [2.05, 4.69) is 15.9 Å². The third kappa shape index (κ3) is 2.46. The average Bonchev–Trinajstić information content (AvgIpc) is 2.83.